The summed E-state index contributed by atoms with van der Waals surface area (Å²) in [5.41, 5.74) is 2.11. The molecule has 1 N–H and O–H groups in total. The van der Waals surface area contributed by atoms with Crippen LogP contribution in [0.5, 0.6) is 5.75 Å². The topological polar surface area (TPSA) is 72.0 Å². The molecule has 6 nitrogen and oxygen atoms in total. The van der Waals surface area contributed by atoms with Gasteiger partial charge in [0.15, 0.2) is 5.69 Å². The van der Waals surface area contributed by atoms with Crippen molar-refractivity contribution in [2.45, 2.75) is 0 Å². The Hall–Kier alpha value is -3.16. The van der Waals surface area contributed by atoms with Crippen molar-refractivity contribution in [2.24, 2.45) is 0 Å². The van der Waals surface area contributed by atoms with Crippen LogP contribution in [0.25, 0.3) is 29.2 Å². The molecule has 0 unspecified atom stereocenters. The highest BCUT2D eigenvalue weighted by Crippen LogP contribution is 2.20. The lowest BCUT2D eigenvalue weighted by molar-refractivity contribution is -0.660. The number of hydrogen-bond donors (Lipinski definition) is 1. The molecule has 2 aromatic carbocycles. The van der Waals surface area contributed by atoms with Crippen molar-refractivity contribution < 1.29 is 13.9 Å². The highest BCUT2D eigenvalue weighted by Gasteiger charge is 2.27. The summed E-state index contributed by atoms with van der Waals surface area (Å²) in [5, 5.41) is 5.90. The SMILES string of the molecule is COc1ccc(-[n+]2[nH]oc(=O)c2-c2csc(/C=C/c3ccc(Cl)cc3)n2)cc1. The van der Waals surface area contributed by atoms with Gasteiger partial charge in [-0.1, -0.05) is 29.8 Å². The van der Waals surface area contributed by atoms with Gasteiger partial charge in [0, 0.05) is 22.5 Å². The fourth-order valence-corrected chi connectivity index (χ4v) is 3.44. The van der Waals surface area contributed by atoms with Gasteiger partial charge in [-0.2, -0.15) is 0 Å². The van der Waals surface area contributed by atoms with Crippen molar-refractivity contribution in [2.75, 3.05) is 7.11 Å². The van der Waals surface area contributed by atoms with Crippen LogP contribution in [0.2, 0.25) is 5.02 Å². The Kier molecular flexibility index (Phi) is 5.10. The van der Waals surface area contributed by atoms with Crippen LogP contribution in [0.3, 0.4) is 0 Å². The molecule has 28 heavy (non-hydrogen) atoms. The molecule has 2 aromatic heterocycles. The Morgan fingerprint density at radius 3 is 2.61 bits per heavy atom. The second-order valence-corrected chi connectivity index (χ2v) is 7.14. The summed E-state index contributed by atoms with van der Waals surface area (Å²) in [6.07, 6.45) is 3.83. The maximum Gasteiger partial charge on any atom is 0.437 e. The number of rotatable bonds is 5. The minimum absolute atomic E-state index is 0.326. The molecule has 0 saturated carbocycles. The summed E-state index contributed by atoms with van der Waals surface area (Å²) in [6, 6.07) is 14.8. The van der Waals surface area contributed by atoms with Crippen molar-refractivity contribution in [3.63, 3.8) is 0 Å². The summed E-state index contributed by atoms with van der Waals surface area (Å²) in [4.78, 5) is 16.8. The number of halogens is 1. The van der Waals surface area contributed by atoms with Crippen molar-refractivity contribution in [1.82, 2.24) is 10.3 Å². The van der Waals surface area contributed by atoms with E-state index in [9.17, 15) is 4.79 Å². The first kappa shape index (κ1) is 18.2. The number of nitrogens with one attached hydrogen (secondary N) is 1. The first-order valence-electron chi connectivity index (χ1n) is 8.31. The maximum absolute atomic E-state index is 12.2. The lowest BCUT2D eigenvalue weighted by Gasteiger charge is -1.97. The average molecular weight is 413 g/mol. The van der Waals surface area contributed by atoms with Gasteiger partial charge in [0.05, 0.1) is 7.11 Å². The number of aromatic amines is 1. The van der Waals surface area contributed by atoms with Crippen molar-refractivity contribution >= 4 is 35.1 Å². The Morgan fingerprint density at radius 1 is 1.14 bits per heavy atom. The van der Waals surface area contributed by atoms with Gasteiger partial charge in [0.2, 0.25) is 5.69 Å². The molecule has 140 valence electrons. The zero-order valence-corrected chi connectivity index (χ0v) is 16.3. The fraction of sp³-hybridized carbons (Fsp3) is 0.0500. The van der Waals surface area contributed by atoms with Crippen LogP contribution >= 0.6 is 22.9 Å². The van der Waals surface area contributed by atoms with Gasteiger partial charge in [0.1, 0.15) is 10.8 Å². The number of nitrogens with zero attached hydrogens (tertiary/aromatic N) is 2. The maximum atomic E-state index is 12.2. The quantitative estimate of drug-likeness (QED) is 0.498. The summed E-state index contributed by atoms with van der Waals surface area (Å²) in [7, 11) is 1.60. The number of thiazole rings is 1. The summed E-state index contributed by atoms with van der Waals surface area (Å²) < 4.78 is 11.7. The molecule has 0 saturated heterocycles. The van der Waals surface area contributed by atoms with Crippen LogP contribution in [-0.4, -0.2) is 17.4 Å². The number of benzene rings is 2. The smallest absolute Gasteiger partial charge is 0.437 e. The summed E-state index contributed by atoms with van der Waals surface area (Å²) in [5.74, 6) is 0.722. The summed E-state index contributed by atoms with van der Waals surface area (Å²) >= 11 is 7.34. The van der Waals surface area contributed by atoms with Crippen molar-refractivity contribution in [3.05, 3.63) is 79.9 Å². The molecule has 0 radical (unpaired) electrons. The monoisotopic (exact) mass is 412 g/mol. The molecule has 4 rings (SSSR count). The van der Waals surface area contributed by atoms with E-state index in [0.29, 0.717) is 16.4 Å². The molecule has 0 aliphatic heterocycles. The Labute approximate surface area is 169 Å². The Morgan fingerprint density at radius 2 is 1.89 bits per heavy atom. The first-order chi connectivity index (χ1) is 13.6. The third-order valence-electron chi connectivity index (χ3n) is 4.03. The third-order valence-corrected chi connectivity index (χ3v) is 5.09. The van der Waals surface area contributed by atoms with Crippen LogP contribution in [0.1, 0.15) is 10.6 Å². The van der Waals surface area contributed by atoms with Crippen LogP contribution in [0, 0.1) is 0 Å². The number of methoxy groups -OCH3 is 1. The van der Waals surface area contributed by atoms with E-state index in [2.05, 4.69) is 10.3 Å². The van der Waals surface area contributed by atoms with Gasteiger partial charge in [0.25, 0.3) is 0 Å². The third kappa shape index (κ3) is 3.76. The van der Waals surface area contributed by atoms with Crippen LogP contribution in [-0.2, 0) is 0 Å². The standard InChI is InChI=1S/C20H14ClN3O3S/c1-26-16-9-7-15(8-10-16)24-19(20(25)27-23-24)17-12-28-18(22-17)11-4-13-2-5-14(21)6-3-13/h2-12H,1H3/p+1/b11-4+. The number of aromatic nitrogens is 3. The van der Waals surface area contributed by atoms with Gasteiger partial charge in [-0.25, -0.2) is 9.78 Å². The van der Waals surface area contributed by atoms with Gasteiger partial charge < -0.3 is 4.74 Å². The number of hydrogen-bond acceptors (Lipinski definition) is 5. The molecule has 0 fully saturated rings. The highest BCUT2D eigenvalue weighted by molar-refractivity contribution is 7.10. The normalized spacial score (nSPS) is 11.2. The van der Waals surface area contributed by atoms with E-state index in [1.54, 1.807) is 23.9 Å². The van der Waals surface area contributed by atoms with E-state index in [0.717, 1.165) is 22.0 Å². The molecule has 0 aliphatic carbocycles. The average Bonchev–Trinajstić information content (AvgIpc) is 3.34. The predicted molar refractivity (Wildman–Crippen MR) is 109 cm³/mol. The van der Waals surface area contributed by atoms with Crippen molar-refractivity contribution in [3.8, 4) is 22.8 Å². The Bertz CT molecular complexity index is 1170. The largest absolute Gasteiger partial charge is 0.497 e. The fourth-order valence-electron chi connectivity index (χ4n) is 2.62. The van der Waals surface area contributed by atoms with Gasteiger partial charge in [-0.15, -0.1) is 11.3 Å². The minimum atomic E-state index is -0.491. The zero-order valence-electron chi connectivity index (χ0n) is 14.8. The number of ether oxygens (including phenoxy) is 1. The molecule has 2 heterocycles. The van der Waals surface area contributed by atoms with Gasteiger partial charge in [-0.05, 0) is 45.9 Å². The van der Waals surface area contributed by atoms with E-state index in [1.807, 2.05) is 53.9 Å². The second kappa shape index (κ2) is 7.84. The zero-order chi connectivity index (χ0) is 19.5. The van der Waals surface area contributed by atoms with Crippen LogP contribution < -0.4 is 15.0 Å². The highest BCUT2D eigenvalue weighted by atomic mass is 35.5. The van der Waals surface area contributed by atoms with E-state index in [4.69, 9.17) is 20.9 Å². The predicted octanol–water partition coefficient (Wildman–Crippen LogP) is 4.20. The van der Waals surface area contributed by atoms with Crippen molar-refractivity contribution in [1.29, 1.82) is 0 Å². The molecular weight excluding hydrogens is 398 g/mol. The molecular formula is C20H15ClN3O3S+. The lowest BCUT2D eigenvalue weighted by atomic mass is 10.2. The van der Waals surface area contributed by atoms with E-state index in [-0.39, 0.29) is 0 Å². The Balaban J connectivity index is 1.64. The van der Waals surface area contributed by atoms with E-state index < -0.39 is 5.63 Å². The van der Waals surface area contributed by atoms with Crippen LogP contribution in [0.15, 0.2) is 63.2 Å². The molecule has 4 aromatic rings. The van der Waals surface area contributed by atoms with Gasteiger partial charge in [-0.3, -0.25) is 4.52 Å². The van der Waals surface area contributed by atoms with E-state index in [1.165, 1.54) is 11.3 Å². The number of H-pyrrole nitrogens is 1. The first-order valence-corrected chi connectivity index (χ1v) is 9.57. The second-order valence-electron chi connectivity index (χ2n) is 5.82. The molecule has 8 heteroatoms. The minimum Gasteiger partial charge on any atom is -0.497 e. The molecule has 0 spiro atoms. The van der Waals surface area contributed by atoms with Gasteiger partial charge >= 0.3 is 11.3 Å². The van der Waals surface area contributed by atoms with Crippen LogP contribution in [0.4, 0.5) is 0 Å². The lowest BCUT2D eigenvalue weighted by Crippen LogP contribution is -2.36. The molecule has 0 amide bonds. The molecule has 0 bridgehead atoms. The summed E-state index contributed by atoms with van der Waals surface area (Å²) in [6.45, 7) is 0. The molecule has 0 aliphatic rings. The van der Waals surface area contributed by atoms with E-state index >= 15 is 0 Å². The molecule has 0 atom stereocenters.